The van der Waals surface area contributed by atoms with Gasteiger partial charge in [0.2, 0.25) is 0 Å². The van der Waals surface area contributed by atoms with Crippen molar-refractivity contribution in [1.29, 1.82) is 0 Å². The van der Waals surface area contributed by atoms with Crippen molar-refractivity contribution in [3.05, 3.63) is 71.8 Å². The Kier molecular flexibility index (Phi) is 7.24. The van der Waals surface area contributed by atoms with Crippen LogP contribution >= 0.6 is 0 Å². The minimum atomic E-state index is -0.128. The number of methoxy groups -OCH3 is 1. The van der Waals surface area contributed by atoms with E-state index in [1.54, 1.807) is 7.11 Å². The van der Waals surface area contributed by atoms with Crippen LogP contribution in [0.5, 0.6) is 11.5 Å². The number of amides is 1. The molecule has 6 heteroatoms. The van der Waals surface area contributed by atoms with Crippen LogP contribution in [-0.4, -0.2) is 57.4 Å². The number of nitrogens with zero attached hydrogens (tertiary/aromatic N) is 1. The third kappa shape index (κ3) is 4.87. The Morgan fingerprint density at radius 2 is 1.81 bits per heavy atom. The molecule has 1 heterocycles. The number of benzene rings is 3. The number of carbonyl (C=O) groups excluding carboxylic acids is 1. The first-order chi connectivity index (χ1) is 15.7. The van der Waals surface area contributed by atoms with Gasteiger partial charge in [0.1, 0.15) is 11.5 Å². The van der Waals surface area contributed by atoms with Crippen molar-refractivity contribution < 1.29 is 19.0 Å². The van der Waals surface area contributed by atoms with Crippen LogP contribution in [0.1, 0.15) is 28.9 Å². The maximum atomic E-state index is 13.4. The second-order valence-corrected chi connectivity index (χ2v) is 7.74. The molecule has 6 nitrogen and oxygen atoms in total. The summed E-state index contributed by atoms with van der Waals surface area (Å²) in [5.41, 5.74) is 1.72. The summed E-state index contributed by atoms with van der Waals surface area (Å²) in [6, 6.07) is 19.9. The Balaban J connectivity index is 1.60. The van der Waals surface area contributed by atoms with Gasteiger partial charge >= 0.3 is 0 Å². The highest BCUT2D eigenvalue weighted by Gasteiger charge is 2.25. The molecule has 4 rings (SSSR count). The fourth-order valence-corrected chi connectivity index (χ4v) is 4.21. The van der Waals surface area contributed by atoms with Gasteiger partial charge in [-0.1, -0.05) is 42.5 Å². The summed E-state index contributed by atoms with van der Waals surface area (Å²) in [6.07, 6.45) is 0. The minimum absolute atomic E-state index is 0.0410. The van der Waals surface area contributed by atoms with Gasteiger partial charge in [0.25, 0.3) is 5.91 Å². The van der Waals surface area contributed by atoms with Gasteiger partial charge in [-0.15, -0.1) is 0 Å². The van der Waals surface area contributed by atoms with Crippen molar-refractivity contribution in [2.45, 2.75) is 13.0 Å². The summed E-state index contributed by atoms with van der Waals surface area (Å²) < 4.78 is 16.7. The van der Waals surface area contributed by atoms with Gasteiger partial charge in [0.05, 0.1) is 38.5 Å². The van der Waals surface area contributed by atoms with Crippen molar-refractivity contribution in [2.24, 2.45) is 0 Å². The van der Waals surface area contributed by atoms with Crippen LogP contribution in [0.4, 0.5) is 0 Å². The topological polar surface area (TPSA) is 60.0 Å². The summed E-state index contributed by atoms with van der Waals surface area (Å²) in [4.78, 5) is 15.8. The number of rotatable bonds is 8. The molecular weight excluding hydrogens is 404 g/mol. The van der Waals surface area contributed by atoms with Crippen molar-refractivity contribution in [1.82, 2.24) is 10.2 Å². The molecule has 1 fully saturated rings. The quantitative estimate of drug-likeness (QED) is 0.580. The highest BCUT2D eigenvalue weighted by atomic mass is 16.5. The number of morpholine rings is 1. The predicted octanol–water partition coefficient (Wildman–Crippen LogP) is 4.05. The second-order valence-electron chi connectivity index (χ2n) is 7.74. The predicted molar refractivity (Wildman–Crippen MR) is 126 cm³/mol. The Labute approximate surface area is 189 Å². The van der Waals surface area contributed by atoms with Gasteiger partial charge in [-0.05, 0) is 41.5 Å². The van der Waals surface area contributed by atoms with E-state index in [1.807, 2.05) is 55.5 Å². The molecule has 1 atom stereocenters. The highest BCUT2D eigenvalue weighted by molar-refractivity contribution is 6.09. The van der Waals surface area contributed by atoms with Crippen molar-refractivity contribution >= 4 is 16.7 Å². The molecule has 32 heavy (non-hydrogen) atoms. The Morgan fingerprint density at radius 3 is 2.53 bits per heavy atom. The molecule has 1 aliphatic heterocycles. The number of hydrogen-bond donors (Lipinski definition) is 1. The van der Waals surface area contributed by atoms with E-state index < -0.39 is 0 Å². The number of carbonyl (C=O) groups is 1. The second kappa shape index (κ2) is 10.5. The Bertz CT molecular complexity index is 1050. The average Bonchev–Trinajstić information content (AvgIpc) is 2.85. The zero-order valence-electron chi connectivity index (χ0n) is 18.7. The van der Waals surface area contributed by atoms with Crippen molar-refractivity contribution in [3.8, 4) is 11.5 Å². The largest absolute Gasteiger partial charge is 0.497 e. The summed E-state index contributed by atoms with van der Waals surface area (Å²) in [5.74, 6) is 1.30. The van der Waals surface area contributed by atoms with Crippen LogP contribution in [0.25, 0.3) is 10.8 Å². The molecule has 0 spiro atoms. The molecule has 0 bridgehead atoms. The molecule has 0 unspecified atom stereocenters. The fraction of sp³-hybridized carbons (Fsp3) is 0.346. The van der Waals surface area contributed by atoms with Crippen LogP contribution in [-0.2, 0) is 4.74 Å². The van der Waals surface area contributed by atoms with E-state index in [9.17, 15) is 4.79 Å². The van der Waals surface area contributed by atoms with E-state index in [1.165, 1.54) is 0 Å². The lowest BCUT2D eigenvalue weighted by Gasteiger charge is -2.35. The average molecular weight is 435 g/mol. The molecule has 168 valence electrons. The van der Waals surface area contributed by atoms with Gasteiger partial charge in [-0.3, -0.25) is 9.69 Å². The first-order valence-electron chi connectivity index (χ1n) is 11.1. The molecule has 0 aromatic heterocycles. The third-order valence-electron chi connectivity index (χ3n) is 5.86. The van der Waals surface area contributed by atoms with E-state index in [-0.39, 0.29) is 11.9 Å². The molecule has 0 aliphatic carbocycles. The summed E-state index contributed by atoms with van der Waals surface area (Å²) in [7, 11) is 1.66. The van der Waals surface area contributed by atoms with Gasteiger partial charge in [-0.25, -0.2) is 0 Å². The molecular formula is C26H30N2O4. The standard InChI is InChI=1S/C26H30N2O4/c1-3-32-24-13-10-19-6-4-5-7-22(19)25(24)26(29)27-18-23(28-14-16-31-17-15-28)20-8-11-21(30-2)12-9-20/h4-13,23H,3,14-18H2,1-2H3,(H,27,29)/t23-/m0/s1. The van der Waals surface area contributed by atoms with E-state index in [0.717, 1.165) is 35.2 Å². The first-order valence-corrected chi connectivity index (χ1v) is 11.1. The molecule has 0 radical (unpaired) electrons. The lowest BCUT2D eigenvalue weighted by molar-refractivity contribution is 0.0162. The van der Waals surface area contributed by atoms with E-state index in [4.69, 9.17) is 14.2 Å². The number of ether oxygens (including phenoxy) is 3. The van der Waals surface area contributed by atoms with Crippen LogP contribution in [0, 0.1) is 0 Å². The smallest absolute Gasteiger partial charge is 0.255 e. The van der Waals surface area contributed by atoms with Crippen LogP contribution in [0.2, 0.25) is 0 Å². The number of fused-ring (bicyclic) bond motifs is 1. The lowest BCUT2D eigenvalue weighted by atomic mass is 10.0. The zero-order chi connectivity index (χ0) is 22.3. The van der Waals surface area contributed by atoms with Crippen LogP contribution < -0.4 is 14.8 Å². The van der Waals surface area contributed by atoms with E-state index >= 15 is 0 Å². The SMILES string of the molecule is CCOc1ccc2ccccc2c1C(=O)NC[C@@H](c1ccc(OC)cc1)N1CCOCC1. The van der Waals surface area contributed by atoms with Crippen molar-refractivity contribution in [3.63, 3.8) is 0 Å². The Morgan fingerprint density at radius 1 is 1.06 bits per heavy atom. The molecule has 1 amide bonds. The number of nitrogens with one attached hydrogen (secondary N) is 1. The monoisotopic (exact) mass is 434 g/mol. The first kappa shape index (κ1) is 22.1. The number of hydrogen-bond acceptors (Lipinski definition) is 5. The van der Waals surface area contributed by atoms with Crippen LogP contribution in [0.3, 0.4) is 0 Å². The van der Waals surface area contributed by atoms with E-state index in [0.29, 0.717) is 37.7 Å². The lowest BCUT2D eigenvalue weighted by Crippen LogP contribution is -2.43. The van der Waals surface area contributed by atoms with Gasteiger partial charge < -0.3 is 19.5 Å². The highest BCUT2D eigenvalue weighted by Crippen LogP contribution is 2.29. The molecule has 1 aliphatic rings. The third-order valence-corrected chi connectivity index (χ3v) is 5.86. The van der Waals surface area contributed by atoms with E-state index in [2.05, 4.69) is 22.3 Å². The van der Waals surface area contributed by atoms with Gasteiger partial charge in [-0.2, -0.15) is 0 Å². The summed E-state index contributed by atoms with van der Waals surface area (Å²) in [5, 5.41) is 5.09. The maximum Gasteiger partial charge on any atom is 0.255 e. The molecule has 3 aromatic carbocycles. The van der Waals surface area contributed by atoms with Gasteiger partial charge in [0, 0.05) is 19.6 Å². The van der Waals surface area contributed by atoms with Crippen LogP contribution in [0.15, 0.2) is 60.7 Å². The van der Waals surface area contributed by atoms with Gasteiger partial charge in [0.15, 0.2) is 0 Å². The maximum absolute atomic E-state index is 13.4. The summed E-state index contributed by atoms with van der Waals surface area (Å²) in [6.45, 7) is 5.95. The molecule has 0 saturated carbocycles. The fourth-order valence-electron chi connectivity index (χ4n) is 4.21. The molecule has 1 saturated heterocycles. The zero-order valence-corrected chi connectivity index (χ0v) is 18.7. The normalized spacial score (nSPS) is 15.3. The molecule has 1 N–H and O–H groups in total. The molecule has 3 aromatic rings. The summed E-state index contributed by atoms with van der Waals surface area (Å²) >= 11 is 0. The Hall–Kier alpha value is -3.09. The minimum Gasteiger partial charge on any atom is -0.497 e. The van der Waals surface area contributed by atoms with Crippen molar-refractivity contribution in [2.75, 3.05) is 46.6 Å².